The van der Waals surface area contributed by atoms with E-state index in [0.29, 0.717) is 66.4 Å². The fourth-order valence-electron chi connectivity index (χ4n) is 10.7. The molecule has 4 aromatic rings. The Morgan fingerprint density at radius 1 is 0.786 bits per heavy atom. The summed E-state index contributed by atoms with van der Waals surface area (Å²) in [6, 6.07) is 17.7. The van der Waals surface area contributed by atoms with Gasteiger partial charge >= 0.3 is 12.1 Å². The third-order valence-electron chi connectivity index (χ3n) is 15.6. The van der Waals surface area contributed by atoms with Crippen molar-refractivity contribution in [1.82, 2.24) is 25.8 Å². The summed E-state index contributed by atoms with van der Waals surface area (Å²) >= 11 is 0. The average Bonchev–Trinajstić information content (AvgIpc) is 1.66. The fourth-order valence-corrected chi connectivity index (χ4v) is 10.7. The highest BCUT2D eigenvalue weighted by molar-refractivity contribution is 6.06. The van der Waals surface area contributed by atoms with Crippen LogP contribution in [0.4, 0.5) is 21.9 Å². The van der Waals surface area contributed by atoms with Gasteiger partial charge in [0.05, 0.1) is 75.1 Å². The lowest BCUT2D eigenvalue weighted by Crippen LogP contribution is -2.55. The largest absolute Gasteiger partial charge is 0.493 e. The molecule has 4 heterocycles. The van der Waals surface area contributed by atoms with Crippen LogP contribution in [-0.4, -0.2) is 146 Å². The van der Waals surface area contributed by atoms with Crippen molar-refractivity contribution in [3.05, 3.63) is 107 Å². The highest BCUT2D eigenvalue weighted by Gasteiger charge is 2.58. The lowest BCUT2D eigenvalue weighted by Gasteiger charge is -2.31. The first-order valence-corrected chi connectivity index (χ1v) is 27.9. The molecule has 1 unspecified atom stereocenters. The number of rotatable bonds is 22. The van der Waals surface area contributed by atoms with E-state index >= 15 is 0 Å². The molecule has 446 valence electrons. The highest BCUT2D eigenvalue weighted by atomic mass is 16.6. The Bertz CT molecular complexity index is 3220. The molecule has 1 aliphatic carbocycles. The van der Waals surface area contributed by atoms with Crippen molar-refractivity contribution in [2.24, 2.45) is 17.1 Å². The predicted molar refractivity (Wildman–Crippen MR) is 306 cm³/mol. The van der Waals surface area contributed by atoms with Crippen LogP contribution in [-0.2, 0) is 46.7 Å². The first kappa shape index (κ1) is 59.7. The maximum absolute atomic E-state index is 14.4. The molecule has 84 heavy (non-hydrogen) atoms. The number of carbonyl (C=O) groups is 8. The minimum Gasteiger partial charge on any atom is -0.493 e. The van der Waals surface area contributed by atoms with E-state index in [4.69, 9.17) is 34.2 Å². The molecular weight excluding hydrogens is 1090 g/mol. The Morgan fingerprint density at radius 3 is 2.06 bits per heavy atom. The molecule has 0 aromatic heterocycles. The second-order valence-electron chi connectivity index (χ2n) is 21.9. The van der Waals surface area contributed by atoms with E-state index in [0.717, 1.165) is 34.4 Å². The van der Waals surface area contributed by atoms with E-state index in [1.165, 1.54) is 40.2 Å². The first-order valence-electron chi connectivity index (χ1n) is 27.9. The normalized spacial score (nSPS) is 18.7. The molecule has 5 atom stereocenters. The molecule has 24 nitrogen and oxygen atoms in total. The number of ether oxygens (including phenoxy) is 6. The number of hydrogen-bond acceptors (Lipinski definition) is 17. The minimum atomic E-state index is -1.48. The number of aliphatic hydroxyl groups excluding tert-OH is 1. The van der Waals surface area contributed by atoms with Crippen molar-refractivity contribution in [3.8, 4) is 23.0 Å². The van der Waals surface area contributed by atoms with Crippen molar-refractivity contribution in [3.63, 3.8) is 0 Å². The number of hydrogen-bond donors (Lipinski definition) is 7. The maximum Gasteiger partial charge on any atom is 0.416 e. The van der Waals surface area contributed by atoms with E-state index in [2.05, 4.69) is 26.6 Å². The van der Waals surface area contributed by atoms with Crippen LogP contribution < -0.4 is 56.2 Å². The fraction of sp³-hybridized carbons (Fsp3) is 0.433. The summed E-state index contributed by atoms with van der Waals surface area (Å²) in [4.78, 5) is 109. The average molecular weight is 1160 g/mol. The van der Waals surface area contributed by atoms with E-state index in [1.54, 1.807) is 60.0 Å². The van der Waals surface area contributed by atoms with Gasteiger partial charge in [0.15, 0.2) is 29.2 Å². The molecule has 7 amide bonds. The zero-order valence-electron chi connectivity index (χ0n) is 47.7. The summed E-state index contributed by atoms with van der Waals surface area (Å²) in [5.41, 5.74) is 10.1. The number of nitrogens with zero attached hydrogens (tertiary/aromatic N) is 3. The van der Waals surface area contributed by atoms with Crippen LogP contribution in [0, 0.1) is 11.3 Å². The van der Waals surface area contributed by atoms with Gasteiger partial charge in [0, 0.05) is 50.5 Å². The number of carbonyl (C=O) groups excluding carboxylic acids is 8. The SMILES string of the molecule is COc1cc2c(cc1OCCCOc1cc3c(cc1OC)C(=O)N1CC4(CC4)C[C@H]1C(O)N3C(=O)OCc1ccc(NC(=O)[C@H](C)NC(=O)[C@@H](NC(=O)CNC(=O)CN)C(C)C)cc1)NC[C@@H]1CC(c3ccc(COC(C)=O)cc3)=CN1C2=O. The lowest BCUT2D eigenvalue weighted by atomic mass is 10.0. The van der Waals surface area contributed by atoms with Crippen LogP contribution in [0.3, 0.4) is 0 Å². The zero-order valence-corrected chi connectivity index (χ0v) is 47.7. The van der Waals surface area contributed by atoms with Crippen molar-refractivity contribution < 1.29 is 71.9 Å². The number of benzene rings is 4. The summed E-state index contributed by atoms with van der Waals surface area (Å²) < 4.78 is 34.9. The van der Waals surface area contributed by atoms with Gasteiger partial charge < -0.3 is 75.6 Å². The van der Waals surface area contributed by atoms with Crippen LogP contribution in [0.25, 0.3) is 5.57 Å². The molecule has 1 saturated carbocycles. The van der Waals surface area contributed by atoms with Gasteiger partial charge in [-0.1, -0.05) is 50.2 Å². The molecule has 0 bridgehead atoms. The topological polar surface area (TPSA) is 308 Å². The minimum absolute atomic E-state index is 0.0665. The van der Waals surface area contributed by atoms with Gasteiger partial charge in [-0.2, -0.15) is 0 Å². The second kappa shape index (κ2) is 25.7. The summed E-state index contributed by atoms with van der Waals surface area (Å²) in [7, 11) is 2.94. The summed E-state index contributed by atoms with van der Waals surface area (Å²) in [6.07, 6.45) is 2.75. The van der Waals surface area contributed by atoms with Crippen molar-refractivity contribution in [1.29, 1.82) is 0 Å². The molecule has 5 aliphatic rings. The van der Waals surface area contributed by atoms with E-state index in [1.807, 2.05) is 30.5 Å². The Labute approximate surface area is 485 Å². The number of methoxy groups -OCH3 is 2. The van der Waals surface area contributed by atoms with Gasteiger partial charge in [-0.05, 0) is 90.5 Å². The molecule has 1 spiro atoms. The number of amides is 7. The first-order chi connectivity index (χ1) is 40.3. The Morgan fingerprint density at radius 2 is 1.43 bits per heavy atom. The van der Waals surface area contributed by atoms with E-state index < -0.39 is 54.1 Å². The summed E-state index contributed by atoms with van der Waals surface area (Å²) in [5, 5.41) is 25.8. The smallest absolute Gasteiger partial charge is 0.416 e. The van der Waals surface area contributed by atoms with E-state index in [9.17, 15) is 43.5 Å². The van der Waals surface area contributed by atoms with Crippen molar-refractivity contribution >= 4 is 70.1 Å². The molecule has 9 rings (SSSR count). The van der Waals surface area contributed by atoms with Gasteiger partial charge in [-0.25, -0.2) is 9.69 Å². The highest BCUT2D eigenvalue weighted by Crippen LogP contribution is 2.57. The van der Waals surface area contributed by atoms with Crippen LogP contribution in [0.1, 0.15) is 97.2 Å². The zero-order chi connectivity index (χ0) is 60.0. The molecular formula is C60H71N9O15. The molecule has 4 aliphatic heterocycles. The van der Waals surface area contributed by atoms with Gasteiger partial charge in [0.2, 0.25) is 23.6 Å². The molecule has 0 radical (unpaired) electrons. The number of esters is 1. The number of fused-ring (bicyclic) bond motifs is 4. The van der Waals surface area contributed by atoms with Crippen molar-refractivity contribution in [2.45, 2.75) is 103 Å². The third kappa shape index (κ3) is 13.4. The maximum atomic E-state index is 14.4. The lowest BCUT2D eigenvalue weighted by molar-refractivity contribution is -0.142. The predicted octanol–water partition coefficient (Wildman–Crippen LogP) is 4.42. The quantitative estimate of drug-likeness (QED) is 0.0423. The molecule has 24 heteroatoms. The van der Waals surface area contributed by atoms with E-state index in [-0.39, 0.29) is 97.4 Å². The van der Waals surface area contributed by atoms with Gasteiger partial charge in [0.25, 0.3) is 11.8 Å². The summed E-state index contributed by atoms with van der Waals surface area (Å²) in [5.74, 6) is -2.36. The second-order valence-corrected chi connectivity index (χ2v) is 21.9. The Balaban J connectivity index is 0.822. The number of nitrogens with two attached hydrogens (primary N) is 1. The van der Waals surface area contributed by atoms with Gasteiger partial charge in [0.1, 0.15) is 25.3 Å². The monoisotopic (exact) mass is 1160 g/mol. The van der Waals surface area contributed by atoms with Crippen molar-refractivity contribution in [2.75, 3.05) is 69.1 Å². The third-order valence-corrected chi connectivity index (χ3v) is 15.6. The number of nitrogens with one attached hydrogen (secondary N) is 5. The Kier molecular flexibility index (Phi) is 18.3. The van der Waals surface area contributed by atoms with Crippen LogP contribution in [0.5, 0.6) is 23.0 Å². The standard InChI is InChI=1S/C60H71N9O15/c1-33(2)53(66-52(72)28-63-51(71)26-61)55(74)64-34(3)54(73)65-40-14-10-37(11-15-40)31-84-59(78)69-45-24-50(48(80-6)22-43(45)57(76)68-32-60(16-17-60)25-46(68)58(69)77)82-19-7-18-81-49-23-44-42(21-47(49)79-5)56(75)67-29-39(20-41(67)27-62-44)38-12-8-36(9-13-38)30-83-35(4)70/h8-15,21-24,29,33-34,41,46,53,58,62,77H,7,16-20,25-28,30-32,61H2,1-6H3,(H,63,71)(H,64,74)(H,65,73)(H,66,72)/t34-,41-,46-,53-,58?/m0/s1. The van der Waals surface area contributed by atoms with Crippen LogP contribution in [0.2, 0.25) is 0 Å². The molecule has 1 saturated heterocycles. The molecule has 2 fully saturated rings. The van der Waals surface area contributed by atoms with Gasteiger partial charge in [-0.3, -0.25) is 33.6 Å². The molecule has 4 aromatic carbocycles. The summed E-state index contributed by atoms with van der Waals surface area (Å²) in [6.45, 7) is 6.73. The Hall–Kier alpha value is -8.90. The van der Waals surface area contributed by atoms with Crippen LogP contribution >= 0.6 is 0 Å². The van der Waals surface area contributed by atoms with Crippen LogP contribution in [0.15, 0.2) is 79.0 Å². The van der Waals surface area contributed by atoms with Gasteiger partial charge in [-0.15, -0.1) is 0 Å². The number of anilines is 3. The number of aliphatic hydroxyl groups is 1. The molecule has 8 N–H and O–H groups in total.